The molecule has 1 aromatic carbocycles. The molecule has 1 atom stereocenters. The predicted molar refractivity (Wildman–Crippen MR) is 105 cm³/mol. The maximum Gasteiger partial charge on any atom is 0.245 e. The van der Waals surface area contributed by atoms with Crippen molar-refractivity contribution < 1.29 is 14.4 Å². The third-order valence-corrected chi connectivity index (χ3v) is 5.64. The van der Waals surface area contributed by atoms with Crippen LogP contribution < -0.4 is 4.90 Å². The smallest absolute Gasteiger partial charge is 0.245 e. The van der Waals surface area contributed by atoms with Crippen LogP contribution in [-0.4, -0.2) is 59.7 Å². The first-order valence-corrected chi connectivity index (χ1v) is 9.78. The normalized spacial score (nSPS) is 21.0. The molecule has 0 aromatic heterocycles. The number of likely N-dealkylation sites (tertiary alicyclic amines) is 1. The molecular weight excluding hydrogens is 366 g/mol. The summed E-state index contributed by atoms with van der Waals surface area (Å²) in [5, 5.41) is 0.686. The number of amides is 3. The maximum atomic E-state index is 13.1. The fraction of sp³-hybridized carbons (Fsp3) is 0.550. The predicted octanol–water partition coefficient (Wildman–Crippen LogP) is 2.55. The first-order chi connectivity index (χ1) is 12.7. The fourth-order valence-electron chi connectivity index (χ4n) is 3.83. The molecule has 146 valence electrons. The summed E-state index contributed by atoms with van der Waals surface area (Å²) in [6.45, 7) is 7.85. The van der Waals surface area contributed by atoms with Crippen molar-refractivity contribution in [1.29, 1.82) is 0 Å². The number of nitrogens with zero attached hydrogens (tertiary/aromatic N) is 3. The van der Waals surface area contributed by atoms with Gasteiger partial charge in [-0.1, -0.05) is 38.4 Å². The lowest BCUT2D eigenvalue weighted by molar-refractivity contribution is -0.152. The Bertz CT molecular complexity index is 757. The van der Waals surface area contributed by atoms with Gasteiger partial charge in [-0.15, -0.1) is 0 Å². The van der Waals surface area contributed by atoms with E-state index in [0.717, 1.165) is 5.69 Å². The second-order valence-electron chi connectivity index (χ2n) is 7.85. The molecule has 0 saturated carbocycles. The molecular formula is C20H26ClN3O3. The Morgan fingerprint density at radius 1 is 1.19 bits per heavy atom. The Morgan fingerprint density at radius 3 is 2.37 bits per heavy atom. The number of carbonyl (C=O) groups is 3. The molecule has 0 N–H and O–H groups in total. The average molecular weight is 392 g/mol. The van der Waals surface area contributed by atoms with Crippen LogP contribution in [0.3, 0.4) is 0 Å². The largest absolute Gasteiger partial charge is 0.368 e. The third kappa shape index (κ3) is 3.81. The molecule has 2 aliphatic rings. The van der Waals surface area contributed by atoms with E-state index in [-0.39, 0.29) is 24.1 Å². The zero-order chi connectivity index (χ0) is 19.8. The number of rotatable bonds is 4. The first kappa shape index (κ1) is 19.7. The molecule has 2 saturated heterocycles. The van der Waals surface area contributed by atoms with E-state index in [0.29, 0.717) is 37.6 Å². The molecule has 2 heterocycles. The van der Waals surface area contributed by atoms with Crippen molar-refractivity contribution in [2.75, 3.05) is 31.1 Å². The minimum Gasteiger partial charge on any atom is -0.368 e. The Morgan fingerprint density at radius 2 is 1.85 bits per heavy atom. The molecule has 27 heavy (non-hydrogen) atoms. The summed E-state index contributed by atoms with van der Waals surface area (Å²) in [7, 11) is 0. The molecule has 0 radical (unpaired) electrons. The van der Waals surface area contributed by atoms with E-state index in [2.05, 4.69) is 4.90 Å². The van der Waals surface area contributed by atoms with Gasteiger partial charge in [-0.25, -0.2) is 0 Å². The minimum absolute atomic E-state index is 0.136. The summed E-state index contributed by atoms with van der Waals surface area (Å²) in [5.74, 6) is -0.629. The molecule has 3 rings (SSSR count). The number of imide groups is 1. The summed E-state index contributed by atoms with van der Waals surface area (Å²) >= 11 is 6.07. The van der Waals surface area contributed by atoms with Crippen LogP contribution in [0.25, 0.3) is 0 Å². The van der Waals surface area contributed by atoms with Crippen molar-refractivity contribution in [3.63, 3.8) is 0 Å². The quantitative estimate of drug-likeness (QED) is 0.740. The molecule has 2 aliphatic heterocycles. The van der Waals surface area contributed by atoms with Crippen LogP contribution in [0, 0.1) is 5.41 Å². The summed E-state index contributed by atoms with van der Waals surface area (Å²) in [6.07, 6.45) is 0.596. The zero-order valence-corrected chi connectivity index (χ0v) is 16.8. The standard InChI is InChI=1S/C20H26ClN3O3/c1-4-16(24-17(25)13-20(2,3)19(24)27)18(26)23-10-8-22(9-11-23)15-7-5-6-14(21)12-15/h5-7,12,16H,4,8-11,13H2,1-3H3. The van der Waals surface area contributed by atoms with Gasteiger partial charge in [-0.2, -0.15) is 0 Å². The van der Waals surface area contributed by atoms with Crippen molar-refractivity contribution >= 4 is 35.0 Å². The Balaban J connectivity index is 1.67. The summed E-state index contributed by atoms with van der Waals surface area (Å²) in [5.41, 5.74) is 0.309. The second-order valence-corrected chi connectivity index (χ2v) is 8.28. The molecule has 0 bridgehead atoms. The maximum absolute atomic E-state index is 13.1. The SMILES string of the molecule is CCC(C(=O)N1CCN(c2cccc(Cl)c2)CC1)N1C(=O)CC(C)(C)C1=O. The number of carbonyl (C=O) groups excluding carboxylic acids is 3. The van der Waals surface area contributed by atoms with Gasteiger partial charge in [0.2, 0.25) is 17.7 Å². The van der Waals surface area contributed by atoms with Crippen molar-refractivity contribution in [2.24, 2.45) is 5.41 Å². The van der Waals surface area contributed by atoms with Gasteiger partial charge in [0, 0.05) is 43.3 Å². The fourth-order valence-corrected chi connectivity index (χ4v) is 4.01. The van der Waals surface area contributed by atoms with Crippen LogP contribution in [0.15, 0.2) is 24.3 Å². The number of anilines is 1. The first-order valence-electron chi connectivity index (χ1n) is 9.40. The molecule has 2 fully saturated rings. The van der Waals surface area contributed by atoms with Crippen LogP contribution >= 0.6 is 11.6 Å². The number of benzene rings is 1. The second kappa shape index (κ2) is 7.50. The summed E-state index contributed by atoms with van der Waals surface area (Å²) < 4.78 is 0. The van der Waals surface area contributed by atoms with Crippen LogP contribution in [0.2, 0.25) is 5.02 Å². The van der Waals surface area contributed by atoms with Crippen LogP contribution in [0.5, 0.6) is 0 Å². The number of halogens is 1. The molecule has 6 nitrogen and oxygen atoms in total. The van der Waals surface area contributed by atoms with Gasteiger partial charge in [0.25, 0.3) is 0 Å². The van der Waals surface area contributed by atoms with E-state index in [1.807, 2.05) is 31.2 Å². The molecule has 1 aromatic rings. The molecule has 7 heteroatoms. The molecule has 0 aliphatic carbocycles. The molecule has 0 spiro atoms. The topological polar surface area (TPSA) is 60.9 Å². The Labute approximate surface area is 165 Å². The van der Waals surface area contributed by atoms with Crippen molar-refractivity contribution in [1.82, 2.24) is 9.80 Å². The summed E-state index contributed by atoms with van der Waals surface area (Å²) in [6, 6.07) is 6.96. The highest BCUT2D eigenvalue weighted by molar-refractivity contribution is 6.30. The van der Waals surface area contributed by atoms with Gasteiger partial charge in [-0.3, -0.25) is 19.3 Å². The molecule has 1 unspecified atom stereocenters. The van der Waals surface area contributed by atoms with Crippen molar-refractivity contribution in [3.05, 3.63) is 29.3 Å². The Kier molecular flexibility index (Phi) is 5.47. The zero-order valence-electron chi connectivity index (χ0n) is 16.1. The van der Waals surface area contributed by atoms with Gasteiger partial charge >= 0.3 is 0 Å². The van der Waals surface area contributed by atoms with Gasteiger partial charge in [0.1, 0.15) is 6.04 Å². The highest BCUT2D eigenvalue weighted by atomic mass is 35.5. The Hall–Kier alpha value is -2.08. The van der Waals surface area contributed by atoms with E-state index in [1.165, 1.54) is 4.90 Å². The summed E-state index contributed by atoms with van der Waals surface area (Å²) in [4.78, 5) is 43.2. The van der Waals surface area contributed by atoms with Crippen LogP contribution in [0.4, 0.5) is 5.69 Å². The highest BCUT2D eigenvalue weighted by Gasteiger charge is 2.49. The van der Waals surface area contributed by atoms with Crippen LogP contribution in [0.1, 0.15) is 33.6 Å². The monoisotopic (exact) mass is 391 g/mol. The van der Waals surface area contributed by atoms with Gasteiger partial charge < -0.3 is 9.80 Å². The van der Waals surface area contributed by atoms with E-state index in [9.17, 15) is 14.4 Å². The van der Waals surface area contributed by atoms with E-state index in [1.54, 1.807) is 18.7 Å². The van der Waals surface area contributed by atoms with E-state index in [4.69, 9.17) is 11.6 Å². The lowest BCUT2D eigenvalue weighted by Gasteiger charge is -2.38. The number of hydrogen-bond donors (Lipinski definition) is 0. The van der Waals surface area contributed by atoms with Gasteiger partial charge in [0.05, 0.1) is 5.41 Å². The number of piperazine rings is 1. The van der Waals surface area contributed by atoms with Crippen molar-refractivity contribution in [3.8, 4) is 0 Å². The van der Waals surface area contributed by atoms with E-state index >= 15 is 0 Å². The van der Waals surface area contributed by atoms with Gasteiger partial charge in [0.15, 0.2) is 0 Å². The van der Waals surface area contributed by atoms with Crippen molar-refractivity contribution in [2.45, 2.75) is 39.7 Å². The van der Waals surface area contributed by atoms with E-state index < -0.39 is 11.5 Å². The molecule has 3 amide bonds. The average Bonchev–Trinajstić information content (AvgIpc) is 2.84. The number of hydrogen-bond acceptors (Lipinski definition) is 4. The minimum atomic E-state index is -0.726. The van der Waals surface area contributed by atoms with Gasteiger partial charge in [-0.05, 0) is 24.6 Å². The lowest BCUT2D eigenvalue weighted by Crippen LogP contribution is -2.56. The lowest BCUT2D eigenvalue weighted by atomic mass is 9.92. The third-order valence-electron chi connectivity index (χ3n) is 5.41. The van der Waals surface area contributed by atoms with Crippen LogP contribution in [-0.2, 0) is 14.4 Å². The highest BCUT2D eigenvalue weighted by Crippen LogP contribution is 2.34.